The van der Waals surface area contributed by atoms with E-state index in [2.05, 4.69) is 5.32 Å². The highest BCUT2D eigenvalue weighted by Crippen LogP contribution is 2.34. The second-order valence-corrected chi connectivity index (χ2v) is 8.36. The molecule has 1 aliphatic rings. The molecular formula is C18H25IN2O7. The number of carbonyl (C=O) groups excluding carboxylic acids is 1. The monoisotopic (exact) mass is 508 g/mol. The maximum Gasteiger partial charge on any atom is 0.412 e. The highest BCUT2D eigenvalue weighted by Gasteiger charge is 2.23. The van der Waals surface area contributed by atoms with Gasteiger partial charge in [-0.3, -0.25) is 15.4 Å². The van der Waals surface area contributed by atoms with Crippen LogP contribution in [0.15, 0.2) is 12.1 Å². The Balaban J connectivity index is 2.01. The van der Waals surface area contributed by atoms with E-state index in [0.29, 0.717) is 22.5 Å². The van der Waals surface area contributed by atoms with Crippen LogP contribution in [0.5, 0.6) is 5.75 Å². The maximum atomic E-state index is 12.0. The van der Waals surface area contributed by atoms with E-state index < -0.39 is 16.6 Å². The molecule has 1 aromatic rings. The van der Waals surface area contributed by atoms with E-state index >= 15 is 0 Å². The zero-order chi connectivity index (χ0) is 20.7. The summed E-state index contributed by atoms with van der Waals surface area (Å²) in [5.74, 6) is 0.408. The molecule has 1 unspecified atom stereocenters. The van der Waals surface area contributed by atoms with Crippen LogP contribution < -0.4 is 10.1 Å². The molecule has 0 aromatic heterocycles. The van der Waals surface area contributed by atoms with Gasteiger partial charge in [0.15, 0.2) is 6.29 Å². The molecular weight excluding hydrogens is 483 g/mol. The van der Waals surface area contributed by atoms with Crippen molar-refractivity contribution < 1.29 is 28.7 Å². The first-order valence-corrected chi connectivity index (χ1v) is 10.1. The number of halogens is 1. The van der Waals surface area contributed by atoms with Gasteiger partial charge in [0.1, 0.15) is 23.6 Å². The Morgan fingerprint density at radius 3 is 2.71 bits per heavy atom. The lowest BCUT2D eigenvalue weighted by Crippen LogP contribution is -2.27. The van der Waals surface area contributed by atoms with Crippen LogP contribution in [-0.4, -0.2) is 42.7 Å². The van der Waals surface area contributed by atoms with Crippen LogP contribution in [0, 0.1) is 13.7 Å². The smallest absolute Gasteiger partial charge is 0.412 e. The van der Waals surface area contributed by atoms with Crippen LogP contribution in [-0.2, 0) is 14.2 Å². The number of nitro benzene ring substituents is 1. The number of benzene rings is 1. The van der Waals surface area contributed by atoms with Crippen molar-refractivity contribution in [1.82, 2.24) is 0 Å². The molecule has 1 heterocycles. The molecule has 10 heteroatoms. The Kier molecular flexibility index (Phi) is 8.25. The Morgan fingerprint density at radius 2 is 2.11 bits per heavy atom. The van der Waals surface area contributed by atoms with Crippen LogP contribution in [0.4, 0.5) is 16.2 Å². The van der Waals surface area contributed by atoms with Gasteiger partial charge in [-0.2, -0.15) is 0 Å². The molecule has 0 bridgehead atoms. The Bertz CT molecular complexity index is 700. The first-order valence-electron chi connectivity index (χ1n) is 8.99. The fraction of sp³-hybridized carbons (Fsp3) is 0.611. The lowest BCUT2D eigenvalue weighted by molar-refractivity contribution is -0.384. The topological polar surface area (TPSA) is 109 Å². The van der Waals surface area contributed by atoms with E-state index in [1.807, 2.05) is 22.6 Å². The van der Waals surface area contributed by atoms with Gasteiger partial charge in [-0.15, -0.1) is 0 Å². The number of ether oxygens (including phenoxy) is 4. The Labute approximate surface area is 177 Å². The lowest BCUT2D eigenvalue weighted by Gasteiger charge is -2.22. The number of nitrogens with zero attached hydrogens (tertiary/aromatic N) is 1. The average molecular weight is 508 g/mol. The van der Waals surface area contributed by atoms with E-state index in [-0.39, 0.29) is 24.3 Å². The predicted molar refractivity (Wildman–Crippen MR) is 111 cm³/mol. The van der Waals surface area contributed by atoms with Crippen molar-refractivity contribution >= 4 is 40.1 Å². The normalized spacial score (nSPS) is 17.1. The number of hydrogen-bond acceptors (Lipinski definition) is 7. The minimum Gasteiger partial charge on any atom is -0.490 e. The van der Waals surface area contributed by atoms with Crippen LogP contribution >= 0.6 is 22.6 Å². The molecule has 28 heavy (non-hydrogen) atoms. The van der Waals surface area contributed by atoms with Crippen molar-refractivity contribution in [2.24, 2.45) is 0 Å². The summed E-state index contributed by atoms with van der Waals surface area (Å²) >= 11 is 1.95. The second kappa shape index (κ2) is 10.2. The zero-order valence-corrected chi connectivity index (χ0v) is 18.3. The van der Waals surface area contributed by atoms with Gasteiger partial charge in [0.2, 0.25) is 0 Å². The van der Waals surface area contributed by atoms with E-state index in [1.165, 1.54) is 12.1 Å². The number of nitrogens with one attached hydrogen (secondary N) is 1. The van der Waals surface area contributed by atoms with Gasteiger partial charge in [0.05, 0.1) is 15.1 Å². The van der Waals surface area contributed by atoms with Crippen molar-refractivity contribution in [3.05, 3.63) is 25.8 Å². The third-order valence-corrected chi connectivity index (χ3v) is 4.51. The van der Waals surface area contributed by atoms with Crippen LogP contribution in [0.1, 0.15) is 40.0 Å². The fourth-order valence-electron chi connectivity index (χ4n) is 2.49. The predicted octanol–water partition coefficient (Wildman–Crippen LogP) is 4.47. The second-order valence-electron chi connectivity index (χ2n) is 7.20. The van der Waals surface area contributed by atoms with Crippen LogP contribution in [0.25, 0.3) is 0 Å². The highest BCUT2D eigenvalue weighted by molar-refractivity contribution is 14.1. The van der Waals surface area contributed by atoms with Crippen molar-refractivity contribution in [3.8, 4) is 5.75 Å². The first kappa shape index (κ1) is 22.6. The average Bonchev–Trinajstić information content (AvgIpc) is 2.59. The van der Waals surface area contributed by atoms with Gasteiger partial charge < -0.3 is 18.9 Å². The summed E-state index contributed by atoms with van der Waals surface area (Å²) in [4.78, 5) is 22.8. The minimum atomic E-state index is -0.777. The van der Waals surface area contributed by atoms with Crippen molar-refractivity contribution in [3.63, 3.8) is 0 Å². The third-order valence-electron chi connectivity index (χ3n) is 3.67. The van der Waals surface area contributed by atoms with Crippen molar-refractivity contribution in [2.45, 2.75) is 51.9 Å². The van der Waals surface area contributed by atoms with Crippen LogP contribution in [0.3, 0.4) is 0 Å². The van der Waals surface area contributed by atoms with Gasteiger partial charge in [0, 0.05) is 18.7 Å². The summed E-state index contributed by atoms with van der Waals surface area (Å²) in [6, 6.07) is 2.76. The SMILES string of the molecule is CC(C)(C)OC(=O)Nc1cc(OCCOC2CCCCO2)c(I)cc1[N+](=O)[O-]. The highest BCUT2D eigenvalue weighted by atomic mass is 127. The molecule has 1 fully saturated rings. The molecule has 0 radical (unpaired) electrons. The first-order chi connectivity index (χ1) is 13.2. The molecule has 2 rings (SSSR count). The largest absolute Gasteiger partial charge is 0.490 e. The van der Waals surface area contributed by atoms with E-state index in [4.69, 9.17) is 18.9 Å². The summed E-state index contributed by atoms with van der Waals surface area (Å²) in [7, 11) is 0. The molecule has 1 saturated heterocycles. The Morgan fingerprint density at radius 1 is 1.36 bits per heavy atom. The molecule has 156 valence electrons. The number of hydrogen-bond donors (Lipinski definition) is 1. The summed E-state index contributed by atoms with van der Waals surface area (Å²) in [5, 5.41) is 13.7. The molecule has 9 nitrogen and oxygen atoms in total. The lowest BCUT2D eigenvalue weighted by atomic mass is 10.2. The number of anilines is 1. The van der Waals surface area contributed by atoms with Crippen molar-refractivity contribution in [1.29, 1.82) is 0 Å². The molecule has 1 atom stereocenters. The van der Waals surface area contributed by atoms with Gasteiger partial charge in [0.25, 0.3) is 5.69 Å². The summed E-state index contributed by atoms with van der Waals surface area (Å²) < 4.78 is 22.5. The number of amides is 1. The Hall–Kier alpha value is -1.66. The molecule has 0 spiro atoms. The number of nitro groups is 1. The quantitative estimate of drug-likeness (QED) is 0.251. The molecule has 1 amide bonds. The summed E-state index contributed by atoms with van der Waals surface area (Å²) in [6.45, 7) is 6.40. The number of carbonyl (C=O) groups is 1. The summed E-state index contributed by atoms with van der Waals surface area (Å²) in [5.41, 5.74) is -0.958. The molecule has 0 saturated carbocycles. The van der Waals surface area contributed by atoms with E-state index in [1.54, 1.807) is 20.8 Å². The zero-order valence-electron chi connectivity index (χ0n) is 16.2. The standard InChI is InChI=1S/C18H25IN2O7/c1-18(2,3)28-17(22)20-13-11-15(12(19)10-14(13)21(23)24)25-8-9-27-16-6-4-5-7-26-16/h10-11,16H,4-9H2,1-3H3,(H,20,22). The maximum absolute atomic E-state index is 12.0. The molecule has 1 aromatic carbocycles. The molecule has 0 aliphatic carbocycles. The van der Waals surface area contributed by atoms with Gasteiger partial charge >= 0.3 is 6.09 Å². The third kappa shape index (κ3) is 7.40. The molecule has 1 aliphatic heterocycles. The van der Waals surface area contributed by atoms with Crippen molar-refractivity contribution in [2.75, 3.05) is 25.1 Å². The van der Waals surface area contributed by atoms with Gasteiger partial charge in [-0.1, -0.05) is 0 Å². The van der Waals surface area contributed by atoms with E-state index in [9.17, 15) is 14.9 Å². The van der Waals surface area contributed by atoms with Gasteiger partial charge in [-0.05, 0) is 62.6 Å². The fourth-order valence-corrected chi connectivity index (χ4v) is 3.10. The molecule has 1 N–H and O–H groups in total. The van der Waals surface area contributed by atoms with Gasteiger partial charge in [-0.25, -0.2) is 4.79 Å². The number of rotatable bonds is 7. The van der Waals surface area contributed by atoms with Crippen LogP contribution in [0.2, 0.25) is 0 Å². The van der Waals surface area contributed by atoms with E-state index in [0.717, 1.165) is 19.3 Å². The minimum absolute atomic E-state index is 0.00574. The summed E-state index contributed by atoms with van der Waals surface area (Å²) in [6.07, 6.45) is 1.99.